The quantitative estimate of drug-likeness (QED) is 0.478. The average Bonchev–Trinajstić information content (AvgIpc) is 2.98. The van der Waals surface area contributed by atoms with Gasteiger partial charge in [0, 0.05) is 13.0 Å². The minimum atomic E-state index is -0.867. The lowest BCUT2D eigenvalue weighted by molar-refractivity contribution is -0.130. The Morgan fingerprint density at radius 1 is 1.19 bits per heavy atom. The number of amides is 1. The van der Waals surface area contributed by atoms with Gasteiger partial charge in [0.2, 0.25) is 0 Å². The predicted molar refractivity (Wildman–Crippen MR) is 106 cm³/mol. The molecule has 6 nitrogen and oxygen atoms in total. The molecule has 0 fully saturated rings. The number of fused-ring (bicyclic) bond motifs is 1. The highest BCUT2D eigenvalue weighted by atomic mass is 16.5. The molecule has 0 unspecified atom stereocenters. The second kappa shape index (κ2) is 7.50. The largest absolute Gasteiger partial charge is 0.323 e. The number of para-hydroxylation sites is 2. The molecule has 2 aromatic carbocycles. The van der Waals surface area contributed by atoms with E-state index in [1.54, 1.807) is 5.48 Å². The lowest BCUT2D eigenvalue weighted by atomic mass is 9.87. The molecule has 1 heterocycles. The third kappa shape index (κ3) is 4.18. The molecule has 142 valence electrons. The zero-order valence-corrected chi connectivity index (χ0v) is 15.9. The van der Waals surface area contributed by atoms with Crippen LogP contribution in [0.5, 0.6) is 0 Å². The molecule has 1 aromatic heterocycles. The summed E-state index contributed by atoms with van der Waals surface area (Å²) in [6.07, 6.45) is 0.237. The number of carbonyl (C=O) groups excluding carboxylic acids is 1. The number of hydrogen-bond donors (Lipinski definition) is 3. The van der Waals surface area contributed by atoms with Crippen LogP contribution < -0.4 is 11.2 Å². The van der Waals surface area contributed by atoms with Crippen LogP contribution in [0.15, 0.2) is 48.5 Å². The van der Waals surface area contributed by atoms with Gasteiger partial charge in [0.15, 0.2) is 0 Å². The maximum atomic E-state index is 11.6. The number of carbonyl (C=O) groups is 1. The molecule has 1 atom stereocenters. The highest BCUT2D eigenvalue weighted by Crippen LogP contribution is 2.24. The summed E-state index contributed by atoms with van der Waals surface area (Å²) in [5.74, 6) is 0.0929. The summed E-state index contributed by atoms with van der Waals surface area (Å²) < 4.78 is 2.08. The molecular weight excluding hydrogens is 340 g/mol. The third-order valence-corrected chi connectivity index (χ3v) is 4.74. The van der Waals surface area contributed by atoms with Gasteiger partial charge in [-0.25, -0.2) is 10.5 Å². The van der Waals surface area contributed by atoms with Crippen molar-refractivity contribution >= 4 is 16.9 Å². The van der Waals surface area contributed by atoms with Crippen LogP contribution in [-0.4, -0.2) is 26.7 Å². The number of imidazole rings is 1. The third-order valence-electron chi connectivity index (χ3n) is 4.74. The van der Waals surface area contributed by atoms with Crippen molar-refractivity contribution in [2.45, 2.75) is 45.2 Å². The fourth-order valence-electron chi connectivity index (χ4n) is 3.12. The van der Waals surface area contributed by atoms with Crippen LogP contribution in [0.25, 0.3) is 11.0 Å². The van der Waals surface area contributed by atoms with Crippen LogP contribution in [0, 0.1) is 0 Å². The molecule has 0 bridgehead atoms. The van der Waals surface area contributed by atoms with Crippen molar-refractivity contribution in [2.75, 3.05) is 0 Å². The number of aromatic nitrogens is 2. The second-order valence-electron chi connectivity index (χ2n) is 7.84. The van der Waals surface area contributed by atoms with E-state index < -0.39 is 11.9 Å². The molecule has 0 aliphatic rings. The zero-order valence-electron chi connectivity index (χ0n) is 15.9. The maximum Gasteiger partial charge on any atom is 0.260 e. The zero-order chi connectivity index (χ0) is 19.6. The summed E-state index contributed by atoms with van der Waals surface area (Å²) in [7, 11) is 0. The van der Waals surface area contributed by atoms with Crippen molar-refractivity contribution in [1.82, 2.24) is 15.0 Å². The first-order valence-electron chi connectivity index (χ1n) is 9.02. The summed E-state index contributed by atoms with van der Waals surface area (Å²) >= 11 is 0. The van der Waals surface area contributed by atoms with E-state index in [1.165, 1.54) is 5.56 Å². The van der Waals surface area contributed by atoms with Gasteiger partial charge >= 0.3 is 0 Å². The van der Waals surface area contributed by atoms with E-state index in [2.05, 4.69) is 54.6 Å². The lowest BCUT2D eigenvalue weighted by Crippen LogP contribution is -2.41. The smallest absolute Gasteiger partial charge is 0.260 e. The van der Waals surface area contributed by atoms with E-state index in [1.807, 2.05) is 24.3 Å². The van der Waals surface area contributed by atoms with E-state index in [0.717, 1.165) is 16.6 Å². The molecule has 0 aliphatic heterocycles. The Kier molecular flexibility index (Phi) is 5.30. The number of nitrogens with zero attached hydrogens (tertiary/aromatic N) is 2. The monoisotopic (exact) mass is 366 g/mol. The molecule has 3 rings (SSSR count). The van der Waals surface area contributed by atoms with Gasteiger partial charge in [0.25, 0.3) is 5.91 Å². The predicted octanol–water partition coefficient (Wildman–Crippen LogP) is 2.76. The Bertz CT molecular complexity index is 939. The minimum Gasteiger partial charge on any atom is -0.323 e. The molecule has 0 radical (unpaired) electrons. The molecule has 0 aliphatic carbocycles. The first-order valence-corrected chi connectivity index (χ1v) is 9.02. The second-order valence-corrected chi connectivity index (χ2v) is 7.84. The van der Waals surface area contributed by atoms with Crippen molar-refractivity contribution in [2.24, 2.45) is 5.73 Å². The molecule has 27 heavy (non-hydrogen) atoms. The van der Waals surface area contributed by atoms with Gasteiger partial charge in [-0.05, 0) is 28.7 Å². The summed E-state index contributed by atoms with van der Waals surface area (Å²) in [4.78, 5) is 16.3. The molecule has 3 aromatic rings. The number of benzene rings is 2. The Morgan fingerprint density at radius 3 is 2.48 bits per heavy atom. The number of nitrogens with one attached hydrogen (secondary N) is 1. The van der Waals surface area contributed by atoms with Gasteiger partial charge in [-0.15, -0.1) is 0 Å². The van der Waals surface area contributed by atoms with Crippen LogP contribution >= 0.6 is 0 Å². The highest BCUT2D eigenvalue weighted by molar-refractivity contribution is 5.81. The molecule has 0 saturated carbocycles. The summed E-state index contributed by atoms with van der Waals surface area (Å²) in [6.45, 7) is 7.21. The number of hydrogen-bond acceptors (Lipinski definition) is 4. The van der Waals surface area contributed by atoms with Crippen molar-refractivity contribution in [3.05, 3.63) is 65.5 Å². The topological polar surface area (TPSA) is 93.2 Å². The van der Waals surface area contributed by atoms with Crippen LogP contribution in [0.1, 0.15) is 37.7 Å². The molecule has 0 saturated heterocycles. The molecule has 4 N–H and O–H groups in total. The molecule has 0 spiro atoms. The van der Waals surface area contributed by atoms with Crippen molar-refractivity contribution in [1.29, 1.82) is 0 Å². The van der Waals surface area contributed by atoms with Crippen molar-refractivity contribution in [3.63, 3.8) is 0 Å². The molecular formula is C21H26N4O2. The normalized spacial score (nSPS) is 12.9. The van der Waals surface area contributed by atoms with Crippen LogP contribution in [0.2, 0.25) is 0 Å². The first-order chi connectivity index (χ1) is 12.8. The van der Waals surface area contributed by atoms with E-state index in [4.69, 9.17) is 10.9 Å². The van der Waals surface area contributed by atoms with Gasteiger partial charge in [0.1, 0.15) is 5.82 Å². The Labute approximate surface area is 159 Å². The van der Waals surface area contributed by atoms with Crippen molar-refractivity contribution < 1.29 is 10.0 Å². The van der Waals surface area contributed by atoms with Crippen molar-refractivity contribution in [3.8, 4) is 0 Å². The standard InChI is InChI=1S/C21H26N4O2/c1-21(2,3)15-10-8-14(9-11-15)13-25-18-7-5-4-6-17(18)23-19(25)12-16(22)20(26)24-27/h4-11,16,27H,12-13,22H2,1-3H3,(H,24,26)/t16-/m0/s1. The summed E-state index contributed by atoms with van der Waals surface area (Å²) in [5, 5.41) is 8.81. The van der Waals surface area contributed by atoms with Crippen LogP contribution in [-0.2, 0) is 23.2 Å². The van der Waals surface area contributed by atoms with Crippen LogP contribution in [0.4, 0.5) is 0 Å². The number of rotatable bonds is 5. The van der Waals surface area contributed by atoms with Gasteiger partial charge in [-0.2, -0.15) is 0 Å². The lowest BCUT2D eigenvalue weighted by Gasteiger charge is -2.19. The molecule has 1 amide bonds. The van der Waals surface area contributed by atoms with E-state index in [-0.39, 0.29) is 11.8 Å². The van der Waals surface area contributed by atoms with Gasteiger partial charge in [-0.3, -0.25) is 10.0 Å². The Morgan fingerprint density at radius 2 is 1.85 bits per heavy atom. The van der Waals surface area contributed by atoms with E-state index in [9.17, 15) is 4.79 Å². The average molecular weight is 366 g/mol. The number of nitrogens with two attached hydrogens (primary N) is 1. The Hall–Kier alpha value is -2.70. The first kappa shape index (κ1) is 19.1. The minimum absolute atomic E-state index is 0.107. The maximum absolute atomic E-state index is 11.6. The highest BCUT2D eigenvalue weighted by Gasteiger charge is 2.19. The van der Waals surface area contributed by atoms with E-state index in [0.29, 0.717) is 12.4 Å². The van der Waals surface area contributed by atoms with Crippen LogP contribution in [0.3, 0.4) is 0 Å². The SMILES string of the molecule is CC(C)(C)c1ccc(Cn2c(C[C@H](N)C(=O)NO)nc3ccccc32)cc1. The van der Waals surface area contributed by atoms with Gasteiger partial charge in [-0.1, -0.05) is 57.2 Å². The summed E-state index contributed by atoms with van der Waals surface area (Å²) in [5.41, 5.74) is 11.9. The van der Waals surface area contributed by atoms with E-state index >= 15 is 0 Å². The van der Waals surface area contributed by atoms with Gasteiger partial charge < -0.3 is 10.3 Å². The van der Waals surface area contributed by atoms with Gasteiger partial charge in [0.05, 0.1) is 17.1 Å². The fraction of sp³-hybridized carbons (Fsp3) is 0.333. The number of hydroxylamine groups is 1. The Balaban J connectivity index is 1.94. The fourth-order valence-corrected chi connectivity index (χ4v) is 3.12. The summed E-state index contributed by atoms with van der Waals surface area (Å²) in [6, 6.07) is 15.5. The molecule has 6 heteroatoms.